The Kier molecular flexibility index (Phi) is 3.78. The van der Waals surface area contributed by atoms with Gasteiger partial charge in [0.25, 0.3) is 0 Å². The first-order chi connectivity index (χ1) is 7.20. The second-order valence-corrected chi connectivity index (χ2v) is 2.46. The number of hydrogen-bond donors (Lipinski definition) is 1. The molecule has 0 fully saturated rings. The number of nitrogens with one attached hydrogen (secondary N) is 1. The molecule has 7 heteroatoms. The Bertz CT molecular complexity index is 328. The molecule has 0 amide bonds. The maximum Gasteiger partial charge on any atom is 0.361 e. The molecule has 0 aliphatic rings. The van der Waals surface area contributed by atoms with E-state index in [0.717, 1.165) is 0 Å². The zero-order valence-electron chi connectivity index (χ0n) is 8.44. The van der Waals surface area contributed by atoms with Gasteiger partial charge >= 0.3 is 11.9 Å². The second kappa shape index (κ2) is 5.08. The summed E-state index contributed by atoms with van der Waals surface area (Å²) >= 11 is 0. The van der Waals surface area contributed by atoms with E-state index in [0.29, 0.717) is 0 Å². The molecular formula is C8H11N3O4. The molecule has 82 valence electrons. The lowest BCUT2D eigenvalue weighted by molar-refractivity contribution is 0.0471. The third kappa shape index (κ3) is 2.52. The predicted octanol–water partition coefficient (Wildman–Crippen LogP) is 0.158. The Morgan fingerprint density at radius 3 is 1.80 bits per heavy atom. The fourth-order valence-electron chi connectivity index (χ4n) is 0.914. The number of hydrogen-bond acceptors (Lipinski definition) is 6. The molecular weight excluding hydrogens is 202 g/mol. The monoisotopic (exact) mass is 213 g/mol. The Balaban J connectivity index is 2.86. The summed E-state index contributed by atoms with van der Waals surface area (Å²) in [5, 5.41) is 9.23. The zero-order chi connectivity index (χ0) is 11.3. The van der Waals surface area contributed by atoms with E-state index in [1.165, 1.54) is 0 Å². The quantitative estimate of drug-likeness (QED) is 0.716. The number of nitrogens with zero attached hydrogens (tertiary/aromatic N) is 2. The van der Waals surface area contributed by atoms with Crippen molar-refractivity contribution in [2.45, 2.75) is 13.8 Å². The van der Waals surface area contributed by atoms with E-state index in [1.807, 2.05) is 0 Å². The topological polar surface area (TPSA) is 94.2 Å². The first-order valence-corrected chi connectivity index (χ1v) is 4.45. The van der Waals surface area contributed by atoms with Gasteiger partial charge in [0.2, 0.25) is 11.4 Å². The van der Waals surface area contributed by atoms with Crippen molar-refractivity contribution in [3.8, 4) is 0 Å². The van der Waals surface area contributed by atoms with Crippen LogP contribution in [0.1, 0.15) is 34.8 Å². The van der Waals surface area contributed by atoms with Crippen LogP contribution in [0.2, 0.25) is 0 Å². The van der Waals surface area contributed by atoms with E-state index >= 15 is 0 Å². The van der Waals surface area contributed by atoms with Gasteiger partial charge in [-0.2, -0.15) is 5.21 Å². The number of ether oxygens (including phenoxy) is 2. The molecule has 0 spiro atoms. The highest BCUT2D eigenvalue weighted by Crippen LogP contribution is 2.05. The predicted molar refractivity (Wildman–Crippen MR) is 48.3 cm³/mol. The Morgan fingerprint density at radius 2 is 1.47 bits per heavy atom. The summed E-state index contributed by atoms with van der Waals surface area (Å²) in [6.07, 6.45) is 0. The lowest BCUT2D eigenvalue weighted by Crippen LogP contribution is -2.13. The molecule has 1 rings (SSSR count). The van der Waals surface area contributed by atoms with Crippen molar-refractivity contribution in [3.63, 3.8) is 0 Å². The number of aromatic nitrogens is 3. The molecule has 0 aliphatic heterocycles. The van der Waals surface area contributed by atoms with E-state index < -0.39 is 11.9 Å². The van der Waals surface area contributed by atoms with E-state index in [-0.39, 0.29) is 24.6 Å². The van der Waals surface area contributed by atoms with Crippen molar-refractivity contribution in [2.24, 2.45) is 0 Å². The van der Waals surface area contributed by atoms with Crippen LogP contribution in [0.4, 0.5) is 0 Å². The van der Waals surface area contributed by atoms with Crippen molar-refractivity contribution in [1.29, 1.82) is 0 Å². The number of carbonyl (C=O) groups is 2. The van der Waals surface area contributed by atoms with E-state index in [9.17, 15) is 9.59 Å². The maximum absolute atomic E-state index is 11.3. The molecule has 0 radical (unpaired) electrons. The van der Waals surface area contributed by atoms with Crippen molar-refractivity contribution in [2.75, 3.05) is 13.2 Å². The molecule has 1 aromatic heterocycles. The summed E-state index contributed by atoms with van der Waals surface area (Å²) < 4.78 is 9.37. The van der Waals surface area contributed by atoms with Gasteiger partial charge in [0, 0.05) is 0 Å². The smallest absolute Gasteiger partial charge is 0.361 e. The number of H-pyrrole nitrogens is 1. The van der Waals surface area contributed by atoms with Crippen molar-refractivity contribution in [3.05, 3.63) is 11.4 Å². The van der Waals surface area contributed by atoms with Gasteiger partial charge in [0.1, 0.15) is 0 Å². The molecule has 0 bridgehead atoms. The number of rotatable bonds is 4. The molecule has 0 aromatic carbocycles. The first kappa shape index (κ1) is 11.2. The summed E-state index contributed by atoms with van der Waals surface area (Å²) in [4.78, 5) is 22.6. The van der Waals surface area contributed by atoms with Crippen LogP contribution in [-0.4, -0.2) is 40.6 Å². The molecule has 1 heterocycles. The van der Waals surface area contributed by atoms with E-state index in [1.54, 1.807) is 13.8 Å². The zero-order valence-corrected chi connectivity index (χ0v) is 8.44. The number of esters is 2. The molecule has 0 atom stereocenters. The first-order valence-electron chi connectivity index (χ1n) is 4.45. The number of aromatic amines is 1. The third-order valence-electron chi connectivity index (χ3n) is 1.49. The standard InChI is InChI=1S/C8H11N3O4/c1-3-14-7(12)5-6(10-11-9-5)8(13)15-4-2/h3-4H2,1-2H3,(H,9,10,11). The molecule has 1 aromatic rings. The summed E-state index contributed by atoms with van der Waals surface area (Å²) in [7, 11) is 0. The van der Waals surface area contributed by atoms with Crippen LogP contribution in [0.15, 0.2) is 0 Å². The Morgan fingerprint density at radius 1 is 1.07 bits per heavy atom. The van der Waals surface area contributed by atoms with Crippen LogP contribution in [0.3, 0.4) is 0 Å². The summed E-state index contributed by atoms with van der Waals surface area (Å²) in [6, 6.07) is 0. The van der Waals surface area contributed by atoms with Crippen LogP contribution in [0.25, 0.3) is 0 Å². The Hall–Kier alpha value is -1.92. The van der Waals surface area contributed by atoms with Gasteiger partial charge in [-0.15, -0.1) is 10.2 Å². The third-order valence-corrected chi connectivity index (χ3v) is 1.49. The Labute approximate surface area is 85.8 Å². The van der Waals surface area contributed by atoms with Crippen LogP contribution in [0.5, 0.6) is 0 Å². The molecule has 0 unspecified atom stereocenters. The average Bonchev–Trinajstić information content (AvgIpc) is 2.66. The van der Waals surface area contributed by atoms with Gasteiger partial charge in [-0.25, -0.2) is 9.59 Å². The minimum absolute atomic E-state index is 0.157. The fraction of sp³-hybridized carbons (Fsp3) is 0.500. The molecule has 0 saturated heterocycles. The van der Waals surface area contributed by atoms with Gasteiger partial charge in [0.15, 0.2) is 0 Å². The highest BCUT2D eigenvalue weighted by molar-refractivity contribution is 6.00. The lowest BCUT2D eigenvalue weighted by atomic mass is 10.3. The van der Waals surface area contributed by atoms with Crippen molar-refractivity contribution < 1.29 is 19.1 Å². The maximum atomic E-state index is 11.3. The summed E-state index contributed by atoms with van der Waals surface area (Å²) in [5.41, 5.74) is -0.314. The van der Waals surface area contributed by atoms with Crippen LogP contribution in [-0.2, 0) is 9.47 Å². The van der Waals surface area contributed by atoms with Crippen LogP contribution in [0, 0.1) is 0 Å². The van der Waals surface area contributed by atoms with Gasteiger partial charge in [0.05, 0.1) is 13.2 Å². The van der Waals surface area contributed by atoms with Crippen LogP contribution < -0.4 is 0 Å². The normalized spacial score (nSPS) is 9.73. The molecule has 15 heavy (non-hydrogen) atoms. The number of carbonyl (C=O) groups excluding carboxylic acids is 2. The van der Waals surface area contributed by atoms with Gasteiger partial charge in [-0.05, 0) is 13.8 Å². The average molecular weight is 213 g/mol. The minimum atomic E-state index is -0.700. The van der Waals surface area contributed by atoms with Crippen molar-refractivity contribution in [1.82, 2.24) is 15.4 Å². The SMILES string of the molecule is CCOC(=O)c1n[nH]nc1C(=O)OCC. The van der Waals surface area contributed by atoms with Crippen LogP contribution >= 0.6 is 0 Å². The highest BCUT2D eigenvalue weighted by Gasteiger charge is 2.24. The molecule has 0 aliphatic carbocycles. The van der Waals surface area contributed by atoms with E-state index in [4.69, 9.17) is 0 Å². The lowest BCUT2D eigenvalue weighted by Gasteiger charge is -2.00. The highest BCUT2D eigenvalue weighted by atomic mass is 16.5. The minimum Gasteiger partial charge on any atom is -0.461 e. The molecule has 0 saturated carbocycles. The van der Waals surface area contributed by atoms with Gasteiger partial charge < -0.3 is 9.47 Å². The van der Waals surface area contributed by atoms with E-state index in [2.05, 4.69) is 24.9 Å². The van der Waals surface area contributed by atoms with Gasteiger partial charge in [-0.3, -0.25) is 0 Å². The molecule has 7 nitrogen and oxygen atoms in total. The summed E-state index contributed by atoms with van der Waals surface area (Å²) in [5.74, 6) is -1.40. The second-order valence-electron chi connectivity index (χ2n) is 2.46. The fourth-order valence-corrected chi connectivity index (χ4v) is 0.914. The largest absolute Gasteiger partial charge is 0.461 e. The summed E-state index contributed by atoms with van der Waals surface area (Å²) in [6.45, 7) is 3.71. The van der Waals surface area contributed by atoms with Gasteiger partial charge in [-0.1, -0.05) is 0 Å². The van der Waals surface area contributed by atoms with Crippen molar-refractivity contribution >= 4 is 11.9 Å². The molecule has 1 N–H and O–H groups in total.